The Balaban J connectivity index is 1.66. The van der Waals surface area contributed by atoms with Gasteiger partial charge in [0.15, 0.2) is 0 Å². The van der Waals surface area contributed by atoms with Gasteiger partial charge in [0.2, 0.25) is 0 Å². The Kier molecular flexibility index (Phi) is 6.03. The minimum atomic E-state index is -0.808. The van der Waals surface area contributed by atoms with Gasteiger partial charge in [-0.25, -0.2) is 4.98 Å². The van der Waals surface area contributed by atoms with Crippen molar-refractivity contribution in [3.05, 3.63) is 53.6 Å². The molecule has 1 N–H and O–H groups in total. The van der Waals surface area contributed by atoms with Crippen LogP contribution in [0.25, 0.3) is 0 Å². The van der Waals surface area contributed by atoms with E-state index in [0.717, 1.165) is 49.7 Å². The smallest absolute Gasteiger partial charge is 0.325 e. The fourth-order valence-electron chi connectivity index (χ4n) is 3.46. The Hall–Kier alpha value is -2.22. The summed E-state index contributed by atoms with van der Waals surface area (Å²) in [6, 6.07) is 7.05. The van der Waals surface area contributed by atoms with E-state index in [-0.39, 0.29) is 0 Å². The van der Waals surface area contributed by atoms with Gasteiger partial charge in [-0.15, -0.1) is 0 Å². The highest BCUT2D eigenvalue weighted by Gasteiger charge is 2.30. The van der Waals surface area contributed by atoms with Crippen LogP contribution in [-0.4, -0.2) is 63.7 Å². The zero-order chi connectivity index (χ0) is 18.5. The molecule has 26 heavy (non-hydrogen) atoms. The second-order valence-electron chi connectivity index (χ2n) is 6.69. The van der Waals surface area contributed by atoms with E-state index in [9.17, 15) is 9.90 Å². The summed E-state index contributed by atoms with van der Waals surface area (Å²) in [5, 5.41) is 9.81. The fraction of sp³-hybridized carbons (Fsp3) is 0.474. The number of benzene rings is 1. The lowest BCUT2D eigenvalue weighted by atomic mass is 10.0. The van der Waals surface area contributed by atoms with Crippen molar-refractivity contribution in [3.63, 3.8) is 0 Å². The van der Waals surface area contributed by atoms with Crippen molar-refractivity contribution in [2.75, 3.05) is 33.3 Å². The molecular formula is C19H26N4O3. The van der Waals surface area contributed by atoms with Crippen LogP contribution < -0.4 is 0 Å². The number of carbonyl (C=O) groups is 1. The van der Waals surface area contributed by atoms with Crippen molar-refractivity contribution < 1.29 is 14.6 Å². The molecule has 7 heteroatoms. The highest BCUT2D eigenvalue weighted by atomic mass is 16.5. The first-order chi connectivity index (χ1) is 12.6. The molecule has 2 aromatic rings. The second-order valence-corrected chi connectivity index (χ2v) is 6.69. The Morgan fingerprint density at radius 1 is 1.31 bits per heavy atom. The molecule has 1 atom stereocenters. The zero-order valence-corrected chi connectivity index (χ0v) is 15.3. The Morgan fingerprint density at radius 2 is 2.08 bits per heavy atom. The van der Waals surface area contributed by atoms with Crippen LogP contribution in [0, 0.1) is 0 Å². The molecule has 140 valence electrons. The molecule has 3 rings (SSSR count). The second kappa shape index (κ2) is 8.44. The molecule has 1 aromatic carbocycles. The number of methoxy groups -OCH3 is 1. The lowest BCUT2D eigenvalue weighted by Gasteiger charge is -2.37. The number of nitrogens with zero attached hydrogens (tertiary/aromatic N) is 4. The average Bonchev–Trinajstić information content (AvgIpc) is 3.02. The van der Waals surface area contributed by atoms with E-state index in [1.165, 1.54) is 0 Å². The fourth-order valence-corrected chi connectivity index (χ4v) is 3.46. The number of carboxylic acid groups (broad SMARTS) is 1. The molecule has 7 nitrogen and oxygen atoms in total. The monoisotopic (exact) mass is 358 g/mol. The van der Waals surface area contributed by atoms with Gasteiger partial charge in [0.1, 0.15) is 11.9 Å². The van der Waals surface area contributed by atoms with Crippen molar-refractivity contribution >= 4 is 5.97 Å². The van der Waals surface area contributed by atoms with Gasteiger partial charge in [0, 0.05) is 52.7 Å². The molecule has 1 aromatic heterocycles. The van der Waals surface area contributed by atoms with Crippen LogP contribution in [0.15, 0.2) is 36.7 Å². The first-order valence-electron chi connectivity index (χ1n) is 8.81. The van der Waals surface area contributed by atoms with Crippen LogP contribution >= 0.6 is 0 Å². The SMILES string of the molecule is COCc1cccc(C(C(=O)O)N2CCN(Cc3nccn3C)CC2)c1. The Bertz CT molecular complexity index is 738. The topological polar surface area (TPSA) is 70.8 Å². The van der Waals surface area contributed by atoms with Crippen molar-refractivity contribution in [1.29, 1.82) is 0 Å². The number of piperazine rings is 1. The molecule has 0 amide bonds. The van der Waals surface area contributed by atoms with E-state index in [4.69, 9.17) is 4.74 Å². The van der Waals surface area contributed by atoms with E-state index < -0.39 is 12.0 Å². The van der Waals surface area contributed by atoms with Gasteiger partial charge >= 0.3 is 5.97 Å². The third-order valence-corrected chi connectivity index (χ3v) is 4.87. The maximum atomic E-state index is 12.0. The number of aliphatic carboxylic acids is 1. The molecule has 2 heterocycles. The summed E-state index contributed by atoms with van der Waals surface area (Å²) < 4.78 is 7.19. The quantitative estimate of drug-likeness (QED) is 0.809. The third-order valence-electron chi connectivity index (χ3n) is 4.87. The summed E-state index contributed by atoms with van der Waals surface area (Å²) in [4.78, 5) is 20.7. The van der Waals surface area contributed by atoms with Crippen molar-refractivity contribution in [1.82, 2.24) is 19.4 Å². The molecule has 1 unspecified atom stereocenters. The minimum Gasteiger partial charge on any atom is -0.480 e. The van der Waals surface area contributed by atoms with Crippen molar-refractivity contribution in [2.45, 2.75) is 19.2 Å². The normalized spacial score (nSPS) is 17.3. The number of hydrogen-bond acceptors (Lipinski definition) is 5. The van der Waals surface area contributed by atoms with Crippen LogP contribution in [0.5, 0.6) is 0 Å². The van der Waals surface area contributed by atoms with Crippen LogP contribution in [0.2, 0.25) is 0 Å². The van der Waals surface area contributed by atoms with Crippen LogP contribution in [0.1, 0.15) is 23.0 Å². The average molecular weight is 358 g/mol. The summed E-state index contributed by atoms with van der Waals surface area (Å²) in [6.07, 6.45) is 3.75. The highest BCUT2D eigenvalue weighted by molar-refractivity contribution is 5.75. The van der Waals surface area contributed by atoms with Gasteiger partial charge < -0.3 is 14.4 Å². The molecule has 1 aliphatic rings. The third kappa shape index (κ3) is 4.30. The van der Waals surface area contributed by atoms with Crippen LogP contribution in [0.4, 0.5) is 0 Å². The lowest BCUT2D eigenvalue weighted by Crippen LogP contribution is -2.49. The molecule has 0 bridgehead atoms. The molecule has 1 aliphatic heterocycles. The summed E-state index contributed by atoms with van der Waals surface area (Å²) in [6.45, 7) is 4.37. The number of aryl methyl sites for hydroxylation is 1. The standard InChI is InChI=1S/C19H26N4O3/c1-21-7-6-20-17(21)13-22-8-10-23(11-9-22)18(19(24)25)16-5-3-4-15(12-16)14-26-2/h3-7,12,18H,8-11,13-14H2,1-2H3,(H,24,25). The van der Waals surface area contributed by atoms with Gasteiger partial charge in [-0.05, 0) is 11.1 Å². The summed E-state index contributed by atoms with van der Waals surface area (Å²) in [5.74, 6) is 0.220. The van der Waals surface area contributed by atoms with E-state index in [0.29, 0.717) is 6.61 Å². The molecule has 0 radical (unpaired) electrons. The van der Waals surface area contributed by atoms with Crippen molar-refractivity contribution in [3.8, 4) is 0 Å². The van der Waals surface area contributed by atoms with Gasteiger partial charge in [-0.2, -0.15) is 0 Å². The molecule has 1 saturated heterocycles. The van der Waals surface area contributed by atoms with E-state index in [1.807, 2.05) is 47.0 Å². The van der Waals surface area contributed by atoms with E-state index in [1.54, 1.807) is 13.3 Å². The number of carboxylic acids is 1. The first kappa shape index (κ1) is 18.6. The van der Waals surface area contributed by atoms with Gasteiger partial charge in [0.05, 0.1) is 13.2 Å². The van der Waals surface area contributed by atoms with Crippen molar-refractivity contribution in [2.24, 2.45) is 7.05 Å². The first-order valence-corrected chi connectivity index (χ1v) is 8.81. The van der Waals surface area contributed by atoms with Crippen LogP contribution in [-0.2, 0) is 29.7 Å². The Labute approximate surface area is 153 Å². The van der Waals surface area contributed by atoms with E-state index >= 15 is 0 Å². The zero-order valence-electron chi connectivity index (χ0n) is 15.3. The van der Waals surface area contributed by atoms with Gasteiger partial charge in [-0.1, -0.05) is 24.3 Å². The maximum Gasteiger partial charge on any atom is 0.325 e. The Morgan fingerprint density at radius 3 is 2.69 bits per heavy atom. The summed E-state index contributed by atoms with van der Waals surface area (Å²) >= 11 is 0. The molecule has 1 fully saturated rings. The number of imidazole rings is 1. The molecular weight excluding hydrogens is 332 g/mol. The number of ether oxygens (including phenoxy) is 1. The minimum absolute atomic E-state index is 0.484. The lowest BCUT2D eigenvalue weighted by molar-refractivity contribution is -0.144. The van der Waals surface area contributed by atoms with E-state index in [2.05, 4.69) is 9.88 Å². The number of hydrogen-bond donors (Lipinski definition) is 1. The molecule has 0 spiro atoms. The van der Waals surface area contributed by atoms with Gasteiger partial charge in [0.25, 0.3) is 0 Å². The predicted molar refractivity (Wildman–Crippen MR) is 97.6 cm³/mol. The van der Waals surface area contributed by atoms with Crippen LogP contribution in [0.3, 0.4) is 0 Å². The summed E-state index contributed by atoms with van der Waals surface area (Å²) in [5.41, 5.74) is 1.80. The molecule has 0 saturated carbocycles. The highest BCUT2D eigenvalue weighted by Crippen LogP contribution is 2.24. The number of aromatic nitrogens is 2. The van der Waals surface area contributed by atoms with Gasteiger partial charge in [-0.3, -0.25) is 14.6 Å². The maximum absolute atomic E-state index is 12.0. The summed E-state index contributed by atoms with van der Waals surface area (Å²) in [7, 11) is 3.63. The largest absolute Gasteiger partial charge is 0.480 e. The predicted octanol–water partition coefficient (Wildman–Crippen LogP) is 1.51. The number of rotatable bonds is 7. The molecule has 0 aliphatic carbocycles.